The molecule has 3 rings (SSSR count). The van der Waals surface area contributed by atoms with E-state index in [0.717, 1.165) is 24.1 Å². The molecule has 166 valence electrons. The monoisotopic (exact) mass is 443 g/mol. The number of azo groups is 1. The van der Waals surface area contributed by atoms with Gasteiger partial charge in [0.1, 0.15) is 23.0 Å². The molecule has 0 aliphatic heterocycles. The summed E-state index contributed by atoms with van der Waals surface area (Å²) in [6.45, 7) is 2.18. The Balaban J connectivity index is 0.000000303. The molecule has 1 heterocycles. The summed E-state index contributed by atoms with van der Waals surface area (Å²) >= 11 is 0. The van der Waals surface area contributed by atoms with Crippen molar-refractivity contribution in [1.82, 2.24) is 4.98 Å². The van der Waals surface area contributed by atoms with Crippen LogP contribution in [-0.2, 0) is 6.42 Å². The summed E-state index contributed by atoms with van der Waals surface area (Å²) in [5.74, 6) is 0.983. The van der Waals surface area contributed by atoms with E-state index in [4.69, 9.17) is 16.6 Å². The maximum atomic E-state index is 9.49. The molecular weight excluding hydrogens is 414 g/mol. The largest absolute Gasteiger partial charge is 0.508 e. The molecule has 0 unspecified atom stereocenters. The Bertz CT molecular complexity index is 952. The third kappa shape index (κ3) is 9.35. The number of anilines is 2. The molecule has 0 amide bonds. The van der Waals surface area contributed by atoms with E-state index in [0.29, 0.717) is 11.5 Å². The van der Waals surface area contributed by atoms with Crippen molar-refractivity contribution in [2.24, 2.45) is 10.2 Å². The normalized spacial score (nSPS) is 10.2. The van der Waals surface area contributed by atoms with Crippen LogP contribution in [0.15, 0.2) is 70.9 Å². The van der Waals surface area contributed by atoms with Gasteiger partial charge in [-0.15, -0.1) is 17.5 Å². The summed E-state index contributed by atoms with van der Waals surface area (Å²) in [7, 11) is 0. The molecule has 7 nitrogen and oxygen atoms in total. The van der Waals surface area contributed by atoms with E-state index in [1.807, 2.05) is 30.3 Å². The van der Waals surface area contributed by atoms with Crippen LogP contribution in [0.1, 0.15) is 38.2 Å². The average molecular weight is 444 g/mol. The summed E-state index contributed by atoms with van der Waals surface area (Å²) < 4.78 is 0. The van der Waals surface area contributed by atoms with Gasteiger partial charge in [0.15, 0.2) is 5.82 Å². The minimum Gasteiger partial charge on any atom is -0.508 e. The second-order valence-electron chi connectivity index (χ2n) is 6.80. The molecule has 8 heteroatoms. The number of benzene rings is 2. The maximum absolute atomic E-state index is 9.49. The van der Waals surface area contributed by atoms with E-state index in [2.05, 4.69) is 22.1 Å². The van der Waals surface area contributed by atoms with Crippen molar-refractivity contribution in [1.29, 1.82) is 0 Å². The van der Waals surface area contributed by atoms with Crippen LogP contribution in [0.3, 0.4) is 0 Å². The Hall–Kier alpha value is -3.32. The molecule has 0 aliphatic rings. The molecule has 0 spiro atoms. The van der Waals surface area contributed by atoms with Crippen molar-refractivity contribution < 1.29 is 10.2 Å². The molecule has 1 aromatic heterocycles. The quantitative estimate of drug-likeness (QED) is 0.251. The molecule has 3 aromatic rings. The lowest BCUT2D eigenvalue weighted by molar-refractivity contribution is 0.445. The number of rotatable bonds is 7. The third-order valence-corrected chi connectivity index (χ3v) is 4.32. The molecule has 6 N–H and O–H groups in total. The fraction of sp³-hybridized carbons (Fsp3) is 0.261. The van der Waals surface area contributed by atoms with Crippen LogP contribution >= 0.6 is 12.4 Å². The number of pyridine rings is 1. The first-order valence-corrected chi connectivity index (χ1v) is 9.99. The van der Waals surface area contributed by atoms with Gasteiger partial charge < -0.3 is 21.7 Å². The number of unbranched alkanes of at least 4 members (excludes halogenated alkanes) is 3. The van der Waals surface area contributed by atoms with Crippen molar-refractivity contribution in [3.05, 3.63) is 66.2 Å². The number of aromatic hydroxyl groups is 2. The first-order chi connectivity index (χ1) is 14.5. The number of phenols is 2. The Morgan fingerprint density at radius 3 is 2.26 bits per heavy atom. The van der Waals surface area contributed by atoms with Gasteiger partial charge in [-0.05, 0) is 48.7 Å². The SMILES string of the molecule is CCCCCCc1ccc(O)cc1O.Cl.Nc1ccc(N=Nc2ccccc2)c(N)n1. The Morgan fingerprint density at radius 2 is 1.61 bits per heavy atom. The first-order valence-electron chi connectivity index (χ1n) is 9.99. The highest BCUT2D eigenvalue weighted by molar-refractivity contribution is 5.85. The molecule has 0 bridgehead atoms. The number of nitrogens with zero attached hydrogens (tertiary/aromatic N) is 3. The smallest absolute Gasteiger partial charge is 0.153 e. The summed E-state index contributed by atoms with van der Waals surface area (Å²) in [5.41, 5.74) is 13.3. The van der Waals surface area contributed by atoms with E-state index in [1.165, 1.54) is 25.3 Å². The Morgan fingerprint density at radius 1 is 0.871 bits per heavy atom. The number of aryl methyl sites for hydroxylation is 1. The van der Waals surface area contributed by atoms with Crippen LogP contribution in [0.5, 0.6) is 11.5 Å². The van der Waals surface area contributed by atoms with Crippen LogP contribution in [0, 0.1) is 0 Å². The fourth-order valence-corrected chi connectivity index (χ4v) is 2.68. The van der Waals surface area contributed by atoms with Crippen LogP contribution in [0.2, 0.25) is 0 Å². The molecule has 0 saturated heterocycles. The van der Waals surface area contributed by atoms with Gasteiger partial charge in [0.2, 0.25) is 0 Å². The van der Waals surface area contributed by atoms with Crippen molar-refractivity contribution >= 4 is 35.4 Å². The number of halogens is 1. The van der Waals surface area contributed by atoms with Gasteiger partial charge in [-0.1, -0.05) is 50.5 Å². The second-order valence-corrected chi connectivity index (χ2v) is 6.80. The molecule has 2 aromatic carbocycles. The van der Waals surface area contributed by atoms with E-state index in [1.54, 1.807) is 24.3 Å². The zero-order chi connectivity index (χ0) is 21.8. The molecular formula is C23H30ClN5O2. The first kappa shape index (κ1) is 25.7. The van der Waals surface area contributed by atoms with Gasteiger partial charge in [-0.25, -0.2) is 4.98 Å². The van der Waals surface area contributed by atoms with Crippen molar-refractivity contribution in [2.75, 3.05) is 11.5 Å². The highest BCUT2D eigenvalue weighted by Crippen LogP contribution is 2.24. The van der Waals surface area contributed by atoms with E-state index in [-0.39, 0.29) is 29.7 Å². The minimum atomic E-state index is 0. The highest BCUT2D eigenvalue weighted by Gasteiger charge is 2.01. The topological polar surface area (TPSA) is 130 Å². The standard InChI is InChI=1S/C12H18O2.C11H11N5.ClH/c1-2-3-4-5-6-10-7-8-11(13)9-12(10)14;12-10-7-6-9(11(13)14-10)16-15-8-4-2-1-3-5-8;/h7-9,13-14H,2-6H2,1H3;1-7H,(H4,12,13,14);1H. The van der Waals surface area contributed by atoms with E-state index in [9.17, 15) is 5.11 Å². The molecule has 0 fully saturated rings. The second kappa shape index (κ2) is 13.8. The molecule has 0 radical (unpaired) electrons. The van der Waals surface area contributed by atoms with Gasteiger partial charge in [0, 0.05) is 6.07 Å². The third-order valence-electron chi connectivity index (χ3n) is 4.32. The summed E-state index contributed by atoms with van der Waals surface area (Å²) in [6.07, 6.45) is 5.68. The molecule has 0 saturated carbocycles. The van der Waals surface area contributed by atoms with Crippen LogP contribution in [-0.4, -0.2) is 15.2 Å². The summed E-state index contributed by atoms with van der Waals surface area (Å²) in [5, 5.41) is 26.6. The van der Waals surface area contributed by atoms with Gasteiger partial charge in [0.05, 0.1) is 5.69 Å². The molecule has 0 atom stereocenters. The van der Waals surface area contributed by atoms with Crippen LogP contribution in [0.4, 0.5) is 23.0 Å². The van der Waals surface area contributed by atoms with Crippen molar-refractivity contribution in [3.8, 4) is 11.5 Å². The summed E-state index contributed by atoms with van der Waals surface area (Å²) in [6, 6.07) is 17.5. The summed E-state index contributed by atoms with van der Waals surface area (Å²) in [4.78, 5) is 3.89. The minimum absolute atomic E-state index is 0. The molecule has 31 heavy (non-hydrogen) atoms. The van der Waals surface area contributed by atoms with Gasteiger partial charge in [0.25, 0.3) is 0 Å². The van der Waals surface area contributed by atoms with Crippen molar-refractivity contribution in [3.63, 3.8) is 0 Å². The lowest BCUT2D eigenvalue weighted by atomic mass is 10.1. The maximum Gasteiger partial charge on any atom is 0.153 e. The highest BCUT2D eigenvalue weighted by atomic mass is 35.5. The zero-order valence-electron chi connectivity index (χ0n) is 17.6. The number of aromatic nitrogens is 1. The van der Waals surface area contributed by atoms with Gasteiger partial charge in [-0.3, -0.25) is 0 Å². The predicted molar refractivity (Wildman–Crippen MR) is 129 cm³/mol. The number of hydrogen-bond donors (Lipinski definition) is 4. The van der Waals surface area contributed by atoms with E-state index < -0.39 is 0 Å². The van der Waals surface area contributed by atoms with Crippen molar-refractivity contribution in [2.45, 2.75) is 39.0 Å². The zero-order valence-corrected chi connectivity index (χ0v) is 18.4. The predicted octanol–water partition coefficient (Wildman–Crippen LogP) is 6.30. The van der Waals surface area contributed by atoms with Gasteiger partial charge >= 0.3 is 0 Å². The lowest BCUT2D eigenvalue weighted by Crippen LogP contribution is -1.95. The fourth-order valence-electron chi connectivity index (χ4n) is 2.68. The number of nitrogen functional groups attached to an aromatic ring is 2. The number of nitrogens with two attached hydrogens (primary N) is 2. The lowest BCUT2D eigenvalue weighted by Gasteiger charge is -2.04. The van der Waals surface area contributed by atoms with E-state index >= 15 is 0 Å². The van der Waals surface area contributed by atoms with Crippen LogP contribution in [0.25, 0.3) is 0 Å². The Labute approximate surface area is 189 Å². The number of hydrogen-bond acceptors (Lipinski definition) is 7. The van der Waals surface area contributed by atoms with Gasteiger partial charge in [-0.2, -0.15) is 5.11 Å². The van der Waals surface area contributed by atoms with Crippen LogP contribution < -0.4 is 11.5 Å². The molecule has 0 aliphatic carbocycles. The average Bonchev–Trinajstić information content (AvgIpc) is 2.73. The Kier molecular flexibility index (Phi) is 11.5. The number of phenolic OH excluding ortho intramolecular Hbond substituents is 2.